The number of hydrogen-bond acceptors (Lipinski definition) is 8. The number of piperazine rings is 1. The summed E-state index contributed by atoms with van der Waals surface area (Å²) in [5.74, 6) is -0.847. The normalized spacial score (nSPS) is 19.9. The highest BCUT2D eigenvalue weighted by atomic mass is 32.2. The minimum absolute atomic E-state index is 0.142. The Kier molecular flexibility index (Phi) is 8.14. The van der Waals surface area contributed by atoms with Gasteiger partial charge in [-0.15, -0.1) is 0 Å². The predicted molar refractivity (Wildman–Crippen MR) is 136 cm³/mol. The Hall–Kier alpha value is -3.84. The molecule has 2 aliphatic heterocycles. The molecule has 37 heavy (non-hydrogen) atoms. The third kappa shape index (κ3) is 6.49. The number of rotatable bonds is 7. The van der Waals surface area contributed by atoms with Gasteiger partial charge in [0.15, 0.2) is 0 Å². The third-order valence-corrected chi connectivity index (χ3v) is 6.87. The number of carbonyl (C=O) groups excluding carboxylic acids is 4. The molecule has 2 atom stereocenters. The monoisotopic (exact) mass is 530 g/mol. The van der Waals surface area contributed by atoms with E-state index in [4.69, 9.17) is 10.5 Å². The fraction of sp³-hybridized carbons (Fsp3) is 0.333. The van der Waals surface area contributed by atoms with Crippen molar-refractivity contribution in [1.82, 2.24) is 14.9 Å². The van der Waals surface area contributed by atoms with Crippen molar-refractivity contribution in [3.8, 4) is 0 Å². The molecule has 2 fully saturated rings. The summed E-state index contributed by atoms with van der Waals surface area (Å²) in [5, 5.41) is 5.07. The van der Waals surface area contributed by atoms with Gasteiger partial charge in [0.05, 0.1) is 24.5 Å². The average molecular weight is 531 g/mol. The third-order valence-electron chi connectivity index (χ3n) is 5.88. The van der Waals surface area contributed by atoms with Gasteiger partial charge < -0.3 is 26.0 Å². The lowest BCUT2D eigenvalue weighted by molar-refractivity contribution is -0.119. The smallest absolute Gasteiger partial charge is 0.414 e. The second-order valence-electron chi connectivity index (χ2n) is 8.54. The number of amides is 4. The Labute approximate surface area is 217 Å². The maximum absolute atomic E-state index is 15.3. The minimum atomic E-state index is -0.779. The first-order chi connectivity index (χ1) is 17.7. The maximum atomic E-state index is 15.3. The zero-order chi connectivity index (χ0) is 26.5. The number of urea groups is 1. The summed E-state index contributed by atoms with van der Waals surface area (Å²) in [6.07, 6.45) is -1.88. The molecule has 0 radical (unpaired) electrons. The van der Waals surface area contributed by atoms with Crippen LogP contribution < -0.4 is 26.2 Å². The van der Waals surface area contributed by atoms with Crippen LogP contribution in [0, 0.1) is 5.82 Å². The zero-order valence-electron chi connectivity index (χ0n) is 20.1. The highest BCUT2D eigenvalue weighted by molar-refractivity contribution is 8.12. The summed E-state index contributed by atoms with van der Waals surface area (Å²) < 4.78 is 22.4. The fourth-order valence-corrected chi connectivity index (χ4v) is 5.02. The van der Waals surface area contributed by atoms with Gasteiger partial charge in [0.2, 0.25) is 11.0 Å². The number of ether oxygens (including phenoxy) is 1. The molecule has 0 saturated carbocycles. The molecule has 11 nitrogen and oxygen atoms in total. The van der Waals surface area contributed by atoms with E-state index in [2.05, 4.69) is 10.6 Å². The number of anilines is 2. The molecule has 2 aliphatic rings. The number of nitrogens with two attached hydrogens (primary N) is 1. The molecule has 196 valence electrons. The van der Waals surface area contributed by atoms with Crippen LogP contribution >= 0.6 is 11.9 Å². The molecule has 4 N–H and O–H groups in total. The molecule has 4 rings (SSSR count). The highest BCUT2D eigenvalue weighted by Gasteiger charge is 2.34. The van der Waals surface area contributed by atoms with E-state index in [1.807, 2.05) is 6.07 Å². The number of benzene rings is 2. The lowest BCUT2D eigenvalue weighted by Gasteiger charge is -2.41. The van der Waals surface area contributed by atoms with Crippen molar-refractivity contribution in [2.75, 3.05) is 42.5 Å². The van der Waals surface area contributed by atoms with E-state index in [1.165, 1.54) is 24.0 Å². The molecule has 0 aromatic heterocycles. The van der Waals surface area contributed by atoms with E-state index in [9.17, 15) is 19.2 Å². The Balaban J connectivity index is 1.45. The van der Waals surface area contributed by atoms with Gasteiger partial charge in [-0.05, 0) is 18.2 Å². The van der Waals surface area contributed by atoms with E-state index in [0.717, 1.165) is 11.9 Å². The van der Waals surface area contributed by atoms with Crippen LogP contribution in [0.1, 0.15) is 17.3 Å². The maximum Gasteiger partial charge on any atom is 0.414 e. The second kappa shape index (κ2) is 11.5. The van der Waals surface area contributed by atoms with Crippen molar-refractivity contribution in [2.24, 2.45) is 5.73 Å². The van der Waals surface area contributed by atoms with E-state index in [1.54, 1.807) is 39.5 Å². The van der Waals surface area contributed by atoms with E-state index < -0.39 is 30.2 Å². The Morgan fingerprint density at radius 1 is 1.14 bits per heavy atom. The van der Waals surface area contributed by atoms with Crippen molar-refractivity contribution in [3.63, 3.8) is 0 Å². The lowest BCUT2D eigenvalue weighted by atomic mass is 10.2. The van der Waals surface area contributed by atoms with Gasteiger partial charge in [-0.25, -0.2) is 18.3 Å². The molecule has 2 saturated heterocycles. The van der Waals surface area contributed by atoms with Crippen LogP contribution in [0.5, 0.6) is 0 Å². The van der Waals surface area contributed by atoms with Gasteiger partial charge >= 0.3 is 12.1 Å². The summed E-state index contributed by atoms with van der Waals surface area (Å²) in [4.78, 5) is 50.7. The molecule has 13 heteroatoms. The first kappa shape index (κ1) is 26.2. The summed E-state index contributed by atoms with van der Waals surface area (Å²) in [6.45, 7) is 2.63. The van der Waals surface area contributed by atoms with Crippen molar-refractivity contribution >= 4 is 46.5 Å². The van der Waals surface area contributed by atoms with Gasteiger partial charge in [0, 0.05) is 44.1 Å². The van der Waals surface area contributed by atoms with E-state index in [0.29, 0.717) is 24.3 Å². The van der Waals surface area contributed by atoms with Crippen LogP contribution in [0.4, 0.5) is 25.4 Å². The van der Waals surface area contributed by atoms with Crippen LogP contribution in [-0.2, 0) is 9.53 Å². The number of cyclic esters (lactones) is 1. The molecule has 2 unspecified atom stereocenters. The molecule has 2 heterocycles. The van der Waals surface area contributed by atoms with Crippen molar-refractivity contribution in [3.05, 3.63) is 59.9 Å². The zero-order valence-corrected chi connectivity index (χ0v) is 20.9. The molecular weight excluding hydrogens is 503 g/mol. The number of hydrogen-bond donors (Lipinski definition) is 3. The van der Waals surface area contributed by atoms with Gasteiger partial charge in [-0.1, -0.05) is 30.3 Å². The quantitative estimate of drug-likeness (QED) is 0.462. The number of halogens is 1. The Morgan fingerprint density at radius 2 is 1.89 bits per heavy atom. The van der Waals surface area contributed by atoms with Gasteiger partial charge in [0.1, 0.15) is 18.1 Å². The van der Waals surface area contributed by atoms with Crippen LogP contribution in [0.2, 0.25) is 0 Å². The van der Waals surface area contributed by atoms with E-state index in [-0.39, 0.29) is 36.3 Å². The molecule has 0 bridgehead atoms. The lowest BCUT2D eigenvalue weighted by Crippen LogP contribution is -2.60. The van der Waals surface area contributed by atoms with Crippen LogP contribution in [-0.4, -0.2) is 72.4 Å². The van der Waals surface area contributed by atoms with Crippen LogP contribution in [0.25, 0.3) is 0 Å². The summed E-state index contributed by atoms with van der Waals surface area (Å²) in [6, 6.07) is 12.4. The van der Waals surface area contributed by atoms with Gasteiger partial charge in [-0.3, -0.25) is 14.5 Å². The minimum Gasteiger partial charge on any atom is -0.442 e. The molecular formula is C24H27FN6O5S. The molecule has 2 aromatic carbocycles. The molecule has 0 spiro atoms. The van der Waals surface area contributed by atoms with Gasteiger partial charge in [-0.2, -0.15) is 0 Å². The molecule has 2 aromatic rings. The Morgan fingerprint density at radius 3 is 2.57 bits per heavy atom. The highest BCUT2D eigenvalue weighted by Crippen LogP contribution is 2.31. The fourth-order valence-electron chi connectivity index (χ4n) is 4.15. The SMILES string of the molecule is CC(=O)NCC1CN(c2ccc(N3CCN(SC(=O)c4ccccc4)CC3NC(N)=O)c(F)c2)C(=O)O1. The standard InChI is InChI=1S/C24H27FN6O5S/c1-15(32)27-12-18-13-31(24(35)36-18)17-7-8-20(19(25)11-17)30-10-9-29(14-21(30)28-23(26)34)37-22(33)16-5-3-2-4-6-16/h2-8,11,18,21H,9-10,12-14H2,1H3,(H,27,32)(H3,26,28,34). The van der Waals surface area contributed by atoms with Crippen molar-refractivity contribution in [1.29, 1.82) is 0 Å². The molecule has 0 aliphatic carbocycles. The van der Waals surface area contributed by atoms with E-state index >= 15 is 4.39 Å². The summed E-state index contributed by atoms with van der Waals surface area (Å²) in [7, 11) is 0. The number of nitrogens with one attached hydrogen (secondary N) is 2. The van der Waals surface area contributed by atoms with Crippen molar-refractivity contribution < 1.29 is 28.3 Å². The van der Waals surface area contributed by atoms with Crippen LogP contribution in [0.3, 0.4) is 0 Å². The first-order valence-electron chi connectivity index (χ1n) is 11.6. The number of carbonyl (C=O) groups is 4. The summed E-state index contributed by atoms with van der Waals surface area (Å²) in [5.41, 5.74) is 6.44. The Bertz CT molecular complexity index is 1190. The summed E-state index contributed by atoms with van der Waals surface area (Å²) >= 11 is 1.03. The van der Waals surface area contributed by atoms with Gasteiger partial charge in [0.25, 0.3) is 0 Å². The first-order valence-corrected chi connectivity index (χ1v) is 12.4. The number of primary amides is 1. The second-order valence-corrected chi connectivity index (χ2v) is 9.61. The molecule has 4 amide bonds. The van der Waals surface area contributed by atoms with Crippen LogP contribution in [0.15, 0.2) is 48.5 Å². The topological polar surface area (TPSA) is 137 Å². The predicted octanol–water partition coefficient (Wildman–Crippen LogP) is 1.89. The van der Waals surface area contributed by atoms with Crippen molar-refractivity contribution in [2.45, 2.75) is 19.2 Å². The average Bonchev–Trinajstić information content (AvgIpc) is 3.24. The largest absolute Gasteiger partial charge is 0.442 e. The number of nitrogens with zero attached hydrogens (tertiary/aromatic N) is 3.